The number of anilines is 3. The second-order valence-corrected chi connectivity index (χ2v) is 4.49. The number of fused-ring (bicyclic) bond motifs is 1. The van der Waals surface area contributed by atoms with Gasteiger partial charge in [-0.3, -0.25) is 4.79 Å². The zero-order chi connectivity index (χ0) is 14.3. The Morgan fingerprint density at radius 3 is 2.80 bits per heavy atom. The van der Waals surface area contributed by atoms with E-state index in [1.54, 1.807) is 48.5 Å². The van der Waals surface area contributed by atoms with E-state index in [0.717, 1.165) is 0 Å². The lowest BCUT2D eigenvalue weighted by Crippen LogP contribution is -2.04. The second kappa shape index (κ2) is 4.34. The molecule has 1 amide bonds. The first-order chi connectivity index (χ1) is 9.60. The van der Waals surface area contributed by atoms with Crippen molar-refractivity contribution in [1.82, 2.24) is 4.57 Å². The highest BCUT2D eigenvalue weighted by Gasteiger charge is 2.27. The van der Waals surface area contributed by atoms with Gasteiger partial charge in [0.05, 0.1) is 35.9 Å². The maximum atomic E-state index is 12.1. The predicted molar refractivity (Wildman–Crippen MR) is 79.0 cm³/mol. The molecule has 6 nitrogen and oxygen atoms in total. The molecule has 5 N–H and O–H groups in total. The molecule has 0 bridgehead atoms. The molecule has 0 saturated heterocycles. The Hall–Kier alpha value is -2.89. The van der Waals surface area contributed by atoms with E-state index < -0.39 is 0 Å². The fourth-order valence-electron chi connectivity index (χ4n) is 2.20. The number of rotatable bonds is 2. The summed E-state index contributed by atoms with van der Waals surface area (Å²) < 4.78 is 6.84. The van der Waals surface area contributed by atoms with Crippen LogP contribution in [0.1, 0.15) is 5.56 Å². The lowest BCUT2D eigenvalue weighted by Gasteiger charge is -2.06. The Morgan fingerprint density at radius 2 is 2.10 bits per heavy atom. The van der Waals surface area contributed by atoms with E-state index in [1.165, 1.54) is 0 Å². The number of nitrogens with two attached hydrogens (primary N) is 2. The van der Waals surface area contributed by atoms with Gasteiger partial charge >= 0.3 is 0 Å². The van der Waals surface area contributed by atoms with Crippen LogP contribution in [0.25, 0.3) is 11.8 Å². The van der Waals surface area contributed by atoms with Crippen molar-refractivity contribution in [2.45, 2.75) is 0 Å². The summed E-state index contributed by atoms with van der Waals surface area (Å²) in [5, 5.41) is 2.77. The van der Waals surface area contributed by atoms with Crippen LogP contribution >= 0.6 is 0 Å². The summed E-state index contributed by atoms with van der Waals surface area (Å²) >= 11 is 0. The van der Waals surface area contributed by atoms with Gasteiger partial charge in [0.1, 0.15) is 5.75 Å². The van der Waals surface area contributed by atoms with Gasteiger partial charge in [-0.25, -0.2) is 0 Å². The van der Waals surface area contributed by atoms with Crippen LogP contribution in [0, 0.1) is 0 Å². The van der Waals surface area contributed by atoms with E-state index in [0.29, 0.717) is 33.9 Å². The number of nitrogens with zero attached hydrogens (tertiary/aromatic N) is 1. The molecule has 1 aliphatic rings. The van der Waals surface area contributed by atoms with Gasteiger partial charge in [0.15, 0.2) is 0 Å². The monoisotopic (exact) mass is 270 g/mol. The number of methoxy groups -OCH3 is 1. The number of hydrogen-bond acceptors (Lipinski definition) is 4. The molecule has 2 heterocycles. The molecule has 0 aliphatic carbocycles. The van der Waals surface area contributed by atoms with E-state index in [-0.39, 0.29) is 5.91 Å². The summed E-state index contributed by atoms with van der Waals surface area (Å²) in [4.78, 5) is 12.1. The summed E-state index contributed by atoms with van der Waals surface area (Å²) in [6.45, 7) is 0. The number of nitrogen functional groups attached to an aromatic ring is 2. The van der Waals surface area contributed by atoms with E-state index in [2.05, 4.69) is 5.32 Å². The molecule has 102 valence electrons. The van der Waals surface area contributed by atoms with Crippen molar-refractivity contribution in [3.8, 4) is 5.75 Å². The Balaban J connectivity index is 2.12. The quantitative estimate of drug-likeness (QED) is 0.570. The van der Waals surface area contributed by atoms with Crippen LogP contribution in [-0.2, 0) is 4.79 Å². The summed E-state index contributed by atoms with van der Waals surface area (Å²) in [6.07, 6.45) is 5.25. The first-order valence-corrected chi connectivity index (χ1v) is 6.03. The number of benzene rings is 1. The number of carbonyl (C=O) groups is 1. The minimum atomic E-state index is -0.204. The van der Waals surface area contributed by atoms with Crippen LogP contribution in [0.2, 0.25) is 0 Å². The van der Waals surface area contributed by atoms with Crippen molar-refractivity contribution in [1.29, 1.82) is 0 Å². The van der Waals surface area contributed by atoms with Gasteiger partial charge in [-0.2, -0.15) is 0 Å². The lowest BCUT2D eigenvalue weighted by molar-refractivity contribution is -0.110. The first kappa shape index (κ1) is 12.2. The Bertz CT molecular complexity index is 731. The van der Waals surface area contributed by atoms with Crippen molar-refractivity contribution in [2.75, 3.05) is 23.9 Å². The van der Waals surface area contributed by atoms with Gasteiger partial charge in [-0.1, -0.05) is 0 Å². The van der Waals surface area contributed by atoms with Crippen molar-refractivity contribution in [2.24, 2.45) is 0 Å². The van der Waals surface area contributed by atoms with Crippen molar-refractivity contribution in [3.63, 3.8) is 0 Å². The van der Waals surface area contributed by atoms with Gasteiger partial charge in [0.25, 0.3) is 5.91 Å². The summed E-state index contributed by atoms with van der Waals surface area (Å²) in [5.41, 5.74) is 14.4. The maximum absolute atomic E-state index is 12.1. The largest absolute Gasteiger partial charge is 0.495 e. The fourth-order valence-corrected chi connectivity index (χ4v) is 2.20. The summed E-state index contributed by atoms with van der Waals surface area (Å²) in [7, 11) is 1.59. The summed E-state index contributed by atoms with van der Waals surface area (Å²) in [5.74, 6) is 0.506. The van der Waals surface area contributed by atoms with Gasteiger partial charge < -0.3 is 26.1 Å². The number of aromatic nitrogens is 1. The van der Waals surface area contributed by atoms with Gasteiger partial charge in [-0.05, 0) is 18.2 Å². The van der Waals surface area contributed by atoms with Crippen LogP contribution in [0.5, 0.6) is 5.75 Å². The SMILES string of the molecule is COc1ccn(C=C2C(=O)Nc3ccc(N)c(N)c32)c1. The molecular formula is C14H14N4O2. The number of carbonyl (C=O) groups excluding carboxylic acids is 1. The van der Waals surface area contributed by atoms with Crippen LogP contribution in [0.3, 0.4) is 0 Å². The Labute approximate surface area is 115 Å². The molecular weight excluding hydrogens is 256 g/mol. The van der Waals surface area contributed by atoms with Crippen LogP contribution in [0.4, 0.5) is 17.1 Å². The maximum Gasteiger partial charge on any atom is 0.257 e. The zero-order valence-corrected chi connectivity index (χ0v) is 10.9. The third-order valence-electron chi connectivity index (χ3n) is 3.24. The highest BCUT2D eigenvalue weighted by Crippen LogP contribution is 2.39. The molecule has 0 spiro atoms. The zero-order valence-electron chi connectivity index (χ0n) is 10.9. The Morgan fingerprint density at radius 1 is 1.30 bits per heavy atom. The molecule has 20 heavy (non-hydrogen) atoms. The third kappa shape index (κ3) is 1.78. The number of hydrogen-bond donors (Lipinski definition) is 3. The van der Waals surface area contributed by atoms with Gasteiger partial charge in [0, 0.05) is 18.0 Å². The first-order valence-electron chi connectivity index (χ1n) is 6.03. The molecule has 3 rings (SSSR count). The van der Waals surface area contributed by atoms with Crippen LogP contribution < -0.4 is 21.5 Å². The average Bonchev–Trinajstić information content (AvgIpc) is 3.00. The molecule has 0 atom stereocenters. The third-order valence-corrected chi connectivity index (χ3v) is 3.24. The lowest BCUT2D eigenvalue weighted by atomic mass is 10.0. The van der Waals surface area contributed by atoms with E-state index in [1.807, 2.05) is 0 Å². The van der Waals surface area contributed by atoms with Crippen LogP contribution in [-0.4, -0.2) is 17.6 Å². The highest BCUT2D eigenvalue weighted by atomic mass is 16.5. The molecule has 0 saturated carbocycles. The van der Waals surface area contributed by atoms with Crippen molar-refractivity contribution in [3.05, 3.63) is 36.2 Å². The minimum Gasteiger partial charge on any atom is -0.495 e. The smallest absolute Gasteiger partial charge is 0.257 e. The topological polar surface area (TPSA) is 95.3 Å². The number of amides is 1. The molecule has 6 heteroatoms. The highest BCUT2D eigenvalue weighted by molar-refractivity contribution is 6.35. The van der Waals surface area contributed by atoms with Crippen LogP contribution in [0.15, 0.2) is 30.6 Å². The van der Waals surface area contributed by atoms with Crippen molar-refractivity contribution >= 4 is 34.7 Å². The van der Waals surface area contributed by atoms with Crippen molar-refractivity contribution < 1.29 is 9.53 Å². The Kier molecular flexibility index (Phi) is 2.64. The van der Waals surface area contributed by atoms with Gasteiger partial charge in [0.2, 0.25) is 0 Å². The second-order valence-electron chi connectivity index (χ2n) is 4.49. The molecule has 1 aliphatic heterocycles. The number of nitrogens with one attached hydrogen (secondary N) is 1. The summed E-state index contributed by atoms with van der Waals surface area (Å²) in [6, 6.07) is 5.22. The molecule has 0 unspecified atom stereocenters. The number of ether oxygens (including phenoxy) is 1. The normalized spacial score (nSPS) is 15.2. The molecule has 1 aromatic heterocycles. The van der Waals surface area contributed by atoms with E-state index >= 15 is 0 Å². The fraction of sp³-hybridized carbons (Fsp3) is 0.0714. The average molecular weight is 270 g/mol. The van der Waals surface area contributed by atoms with E-state index in [4.69, 9.17) is 16.2 Å². The van der Waals surface area contributed by atoms with Gasteiger partial charge in [-0.15, -0.1) is 0 Å². The van der Waals surface area contributed by atoms with E-state index in [9.17, 15) is 4.79 Å². The minimum absolute atomic E-state index is 0.204. The predicted octanol–water partition coefficient (Wildman–Crippen LogP) is 1.61. The molecule has 1 aromatic carbocycles. The molecule has 2 aromatic rings. The molecule has 0 radical (unpaired) electrons. The molecule has 0 fully saturated rings. The standard InChI is InChI=1S/C14H14N4O2/c1-20-8-4-5-18(6-8)7-9-12-11(17-14(9)19)3-2-10(15)13(12)16/h2-7H,15-16H2,1H3,(H,17,19).